The van der Waals surface area contributed by atoms with Gasteiger partial charge in [-0.25, -0.2) is 4.39 Å². The van der Waals surface area contributed by atoms with E-state index < -0.39 is 8.32 Å². The Bertz CT molecular complexity index is 559. The number of rotatable bonds is 6. The summed E-state index contributed by atoms with van der Waals surface area (Å²) >= 11 is 0. The molecule has 0 aliphatic heterocycles. The van der Waals surface area contributed by atoms with Gasteiger partial charge in [0.15, 0.2) is 0 Å². The van der Waals surface area contributed by atoms with Crippen LogP contribution in [0.5, 0.6) is 0 Å². The maximum atomic E-state index is 13.2. The minimum Gasteiger partial charge on any atom is -0.407 e. The highest BCUT2D eigenvalue weighted by molar-refractivity contribution is 6.96. The van der Waals surface area contributed by atoms with Crippen LogP contribution in [0.1, 0.15) is 0 Å². The minimum absolute atomic E-state index is 0.212. The summed E-state index contributed by atoms with van der Waals surface area (Å²) in [5.41, 5.74) is 0. The summed E-state index contributed by atoms with van der Waals surface area (Å²) in [5, 5.41) is 2.30. The molecule has 0 heterocycles. The van der Waals surface area contributed by atoms with Gasteiger partial charge in [-0.3, -0.25) is 0 Å². The molecule has 0 aliphatic rings. The Hall–Kier alpha value is -1.49. The summed E-state index contributed by atoms with van der Waals surface area (Å²) in [7, 11) is 1.78. The van der Waals surface area contributed by atoms with Gasteiger partial charge in [0.1, 0.15) is 5.82 Å². The molecule has 0 N–H and O–H groups in total. The third-order valence-electron chi connectivity index (χ3n) is 3.65. The molecule has 0 bridgehead atoms. The standard InChI is InChI=1S/C17H22FNOSi/c1-19(2)13-14-20-21(3,16-7-5-4-6-8-16)17-11-9-15(18)10-12-17/h4-12H,13-14H2,1-3H3. The lowest BCUT2D eigenvalue weighted by atomic mass is 10.3. The SMILES string of the molecule is CN(C)CCO[Si](C)(c1ccccc1)c1ccc(F)cc1. The average molecular weight is 303 g/mol. The Morgan fingerprint density at radius 1 is 0.952 bits per heavy atom. The van der Waals surface area contributed by atoms with Crippen molar-refractivity contribution in [2.24, 2.45) is 0 Å². The van der Waals surface area contributed by atoms with Crippen molar-refractivity contribution >= 4 is 18.7 Å². The predicted octanol–water partition coefficient (Wildman–Crippen LogP) is 2.09. The lowest BCUT2D eigenvalue weighted by molar-refractivity contribution is 0.261. The van der Waals surface area contributed by atoms with Gasteiger partial charge in [0.2, 0.25) is 0 Å². The molecule has 1 unspecified atom stereocenters. The highest BCUT2D eigenvalue weighted by Gasteiger charge is 2.33. The van der Waals surface area contributed by atoms with Crippen LogP contribution in [-0.2, 0) is 4.43 Å². The average Bonchev–Trinajstić information content (AvgIpc) is 2.48. The first-order valence-corrected chi connectivity index (χ1v) is 9.53. The zero-order chi connectivity index (χ0) is 15.3. The molecule has 0 aromatic heterocycles. The summed E-state index contributed by atoms with van der Waals surface area (Å²) in [5.74, 6) is -0.212. The summed E-state index contributed by atoms with van der Waals surface area (Å²) in [6, 6.07) is 17.0. The molecule has 112 valence electrons. The number of benzene rings is 2. The highest BCUT2D eigenvalue weighted by atomic mass is 28.4. The molecular formula is C17H22FNOSi. The zero-order valence-corrected chi connectivity index (χ0v) is 13.8. The second-order valence-electron chi connectivity index (χ2n) is 5.56. The van der Waals surface area contributed by atoms with Crippen molar-refractivity contribution in [1.29, 1.82) is 0 Å². The van der Waals surface area contributed by atoms with E-state index in [1.165, 1.54) is 17.3 Å². The fraction of sp³-hybridized carbons (Fsp3) is 0.294. The van der Waals surface area contributed by atoms with Crippen LogP contribution in [0.3, 0.4) is 0 Å². The molecule has 0 fully saturated rings. The molecule has 2 aromatic rings. The normalized spacial score (nSPS) is 14.1. The maximum absolute atomic E-state index is 13.2. The third-order valence-corrected chi connectivity index (χ3v) is 7.30. The molecule has 0 aliphatic carbocycles. The van der Waals surface area contributed by atoms with E-state index in [1.54, 1.807) is 0 Å². The summed E-state index contributed by atoms with van der Waals surface area (Å²) in [4.78, 5) is 2.10. The monoisotopic (exact) mass is 303 g/mol. The van der Waals surface area contributed by atoms with Crippen molar-refractivity contribution < 1.29 is 8.82 Å². The lowest BCUT2D eigenvalue weighted by Crippen LogP contribution is -2.58. The van der Waals surface area contributed by atoms with E-state index in [9.17, 15) is 4.39 Å². The van der Waals surface area contributed by atoms with E-state index in [1.807, 2.05) is 44.4 Å². The van der Waals surface area contributed by atoms with Gasteiger partial charge >= 0.3 is 0 Å². The summed E-state index contributed by atoms with van der Waals surface area (Å²) < 4.78 is 19.5. The zero-order valence-electron chi connectivity index (χ0n) is 12.8. The second-order valence-corrected chi connectivity index (χ2v) is 9.07. The molecule has 2 rings (SSSR count). The molecule has 0 saturated carbocycles. The van der Waals surface area contributed by atoms with Crippen molar-refractivity contribution in [1.82, 2.24) is 4.90 Å². The summed E-state index contributed by atoms with van der Waals surface area (Å²) in [6.07, 6.45) is 0. The maximum Gasteiger partial charge on any atom is 0.252 e. The summed E-state index contributed by atoms with van der Waals surface area (Å²) in [6.45, 7) is 3.71. The molecule has 0 saturated heterocycles. The van der Waals surface area contributed by atoms with Crippen molar-refractivity contribution in [3.63, 3.8) is 0 Å². The molecule has 2 aromatic carbocycles. The Labute approximate surface area is 127 Å². The Morgan fingerprint density at radius 2 is 1.52 bits per heavy atom. The lowest BCUT2D eigenvalue weighted by Gasteiger charge is -2.29. The van der Waals surface area contributed by atoms with E-state index in [0.29, 0.717) is 6.61 Å². The van der Waals surface area contributed by atoms with E-state index in [4.69, 9.17) is 4.43 Å². The molecule has 0 radical (unpaired) electrons. The number of halogens is 1. The molecule has 0 amide bonds. The van der Waals surface area contributed by atoms with Gasteiger partial charge in [0.25, 0.3) is 8.32 Å². The first kappa shape index (κ1) is 15.9. The van der Waals surface area contributed by atoms with E-state index in [-0.39, 0.29) is 5.82 Å². The fourth-order valence-corrected chi connectivity index (χ4v) is 5.09. The van der Waals surface area contributed by atoms with Gasteiger partial charge in [-0.15, -0.1) is 0 Å². The molecule has 2 nitrogen and oxygen atoms in total. The van der Waals surface area contributed by atoms with E-state index in [0.717, 1.165) is 11.7 Å². The number of likely N-dealkylation sites (N-methyl/N-ethyl adjacent to an activating group) is 1. The smallest absolute Gasteiger partial charge is 0.252 e. The molecule has 1 atom stereocenters. The van der Waals surface area contributed by atoms with Crippen LogP contribution >= 0.6 is 0 Å². The first-order valence-electron chi connectivity index (χ1n) is 7.12. The van der Waals surface area contributed by atoms with Crippen LogP contribution in [0.2, 0.25) is 6.55 Å². The van der Waals surface area contributed by atoms with Crippen molar-refractivity contribution in [2.45, 2.75) is 6.55 Å². The van der Waals surface area contributed by atoms with Crippen LogP contribution in [0, 0.1) is 5.82 Å². The molecule has 21 heavy (non-hydrogen) atoms. The molecule has 4 heteroatoms. The van der Waals surface area contributed by atoms with Crippen molar-refractivity contribution in [2.75, 3.05) is 27.2 Å². The van der Waals surface area contributed by atoms with Crippen LogP contribution in [0.25, 0.3) is 0 Å². The predicted molar refractivity (Wildman–Crippen MR) is 88.2 cm³/mol. The van der Waals surface area contributed by atoms with Crippen molar-refractivity contribution in [3.8, 4) is 0 Å². The van der Waals surface area contributed by atoms with Gasteiger partial charge in [-0.05, 0) is 43.1 Å². The van der Waals surface area contributed by atoms with Gasteiger partial charge < -0.3 is 9.33 Å². The van der Waals surface area contributed by atoms with Crippen LogP contribution in [0.15, 0.2) is 54.6 Å². The largest absolute Gasteiger partial charge is 0.407 e. The Kier molecular flexibility index (Phi) is 5.28. The van der Waals surface area contributed by atoms with Gasteiger partial charge in [-0.1, -0.05) is 42.5 Å². The van der Waals surface area contributed by atoms with Crippen LogP contribution in [-0.4, -0.2) is 40.5 Å². The van der Waals surface area contributed by atoms with E-state index in [2.05, 4.69) is 23.6 Å². The Balaban J connectivity index is 2.31. The van der Waals surface area contributed by atoms with Gasteiger partial charge in [0.05, 0.1) is 0 Å². The third kappa shape index (κ3) is 4.00. The second kappa shape index (κ2) is 6.98. The molecular weight excluding hydrogens is 281 g/mol. The van der Waals surface area contributed by atoms with E-state index >= 15 is 0 Å². The number of nitrogens with zero attached hydrogens (tertiary/aromatic N) is 1. The van der Waals surface area contributed by atoms with Gasteiger partial charge in [0, 0.05) is 13.2 Å². The molecule has 0 spiro atoms. The Morgan fingerprint density at radius 3 is 2.10 bits per heavy atom. The van der Waals surface area contributed by atoms with Crippen molar-refractivity contribution in [3.05, 3.63) is 60.4 Å². The number of hydrogen-bond donors (Lipinski definition) is 0. The van der Waals surface area contributed by atoms with Crippen LogP contribution in [0.4, 0.5) is 4.39 Å². The quantitative estimate of drug-likeness (QED) is 0.758. The topological polar surface area (TPSA) is 12.5 Å². The number of hydrogen-bond acceptors (Lipinski definition) is 2. The van der Waals surface area contributed by atoms with Gasteiger partial charge in [-0.2, -0.15) is 0 Å². The fourth-order valence-electron chi connectivity index (χ4n) is 2.29. The first-order chi connectivity index (χ1) is 10.0. The van der Waals surface area contributed by atoms with Crippen LogP contribution < -0.4 is 10.4 Å². The highest BCUT2D eigenvalue weighted by Crippen LogP contribution is 2.08. The minimum atomic E-state index is -2.28.